The van der Waals surface area contributed by atoms with Crippen molar-refractivity contribution in [2.24, 2.45) is 0 Å². The lowest BCUT2D eigenvalue weighted by Crippen LogP contribution is -2.22. The van der Waals surface area contributed by atoms with Crippen LogP contribution in [0.4, 0.5) is 17.3 Å². The minimum absolute atomic E-state index is 0.219. The quantitative estimate of drug-likeness (QED) is 0.421. The van der Waals surface area contributed by atoms with E-state index >= 15 is 0 Å². The Morgan fingerprint density at radius 1 is 0.676 bits per heavy atom. The number of rotatable bonds is 4. The number of anilines is 3. The van der Waals surface area contributed by atoms with Gasteiger partial charge in [0, 0.05) is 39.2 Å². The van der Waals surface area contributed by atoms with Crippen molar-refractivity contribution in [1.29, 1.82) is 0 Å². The van der Waals surface area contributed by atoms with Crippen LogP contribution < -0.4 is 10.6 Å². The fourth-order valence-electron chi connectivity index (χ4n) is 3.88. The summed E-state index contributed by atoms with van der Waals surface area (Å²) in [5, 5.41) is 5.92. The third-order valence-electron chi connectivity index (χ3n) is 5.45. The van der Waals surface area contributed by atoms with Crippen LogP contribution in [0.1, 0.15) is 53.8 Å². The lowest BCUT2D eigenvalue weighted by atomic mass is 9.83. The van der Waals surface area contributed by atoms with E-state index in [0.717, 1.165) is 5.69 Å². The van der Waals surface area contributed by atoms with Crippen LogP contribution in [0.2, 0.25) is 0 Å². The number of carbonyl (C=O) groups is 3. The fraction of sp³-hybridized carbons (Fsp3) is 0.0769. The number of nitrogens with zero attached hydrogens (tertiary/aromatic N) is 3. The van der Waals surface area contributed by atoms with Crippen LogP contribution in [0.5, 0.6) is 0 Å². The molecular weight excluding hydrogens is 430 g/mol. The molecule has 3 aromatic carbocycles. The lowest BCUT2D eigenvalue weighted by Gasteiger charge is -2.18. The molecule has 0 fully saturated rings. The summed E-state index contributed by atoms with van der Waals surface area (Å²) in [6.45, 7) is 3.59. The van der Waals surface area contributed by atoms with Gasteiger partial charge in [-0.2, -0.15) is 9.97 Å². The molecule has 5 rings (SSSR count). The van der Waals surface area contributed by atoms with E-state index < -0.39 is 0 Å². The Balaban J connectivity index is 1.33. The third-order valence-corrected chi connectivity index (χ3v) is 5.45. The van der Waals surface area contributed by atoms with Crippen molar-refractivity contribution in [3.63, 3.8) is 0 Å². The van der Waals surface area contributed by atoms with Gasteiger partial charge in [0.2, 0.25) is 5.95 Å². The summed E-state index contributed by atoms with van der Waals surface area (Å²) in [5.41, 5.74) is 2.89. The van der Waals surface area contributed by atoms with Crippen molar-refractivity contribution < 1.29 is 14.4 Å². The smallest absolute Gasteiger partial charge is 0.255 e. The molecule has 1 heterocycles. The number of amides is 1. The highest BCUT2D eigenvalue weighted by atomic mass is 16.2. The van der Waals surface area contributed by atoms with Gasteiger partial charge in [-0.05, 0) is 56.3 Å². The molecule has 0 aliphatic heterocycles. The molecule has 1 aromatic heterocycles. The summed E-state index contributed by atoms with van der Waals surface area (Å²) < 4.78 is 0. The highest BCUT2D eigenvalue weighted by molar-refractivity contribution is 6.28. The molecule has 0 radical (unpaired) electrons. The van der Waals surface area contributed by atoms with E-state index in [1.807, 2.05) is 0 Å². The van der Waals surface area contributed by atoms with E-state index in [1.54, 1.807) is 68.4 Å². The molecule has 1 aliphatic carbocycles. The van der Waals surface area contributed by atoms with Gasteiger partial charge in [0.25, 0.3) is 5.91 Å². The molecule has 166 valence electrons. The first kappa shape index (κ1) is 21.1. The summed E-state index contributed by atoms with van der Waals surface area (Å²) in [4.78, 5) is 51.1. The van der Waals surface area contributed by atoms with E-state index in [4.69, 9.17) is 0 Å². The van der Waals surface area contributed by atoms with Crippen molar-refractivity contribution in [1.82, 2.24) is 15.0 Å². The van der Waals surface area contributed by atoms with Crippen LogP contribution in [0.15, 0.2) is 66.7 Å². The van der Waals surface area contributed by atoms with Crippen molar-refractivity contribution in [3.05, 3.63) is 106 Å². The average molecular weight is 449 g/mol. The van der Waals surface area contributed by atoms with Crippen molar-refractivity contribution in [3.8, 4) is 0 Å². The molecule has 0 saturated carbocycles. The van der Waals surface area contributed by atoms with Crippen molar-refractivity contribution >= 4 is 34.8 Å². The number of benzene rings is 3. The molecule has 34 heavy (non-hydrogen) atoms. The molecule has 0 bridgehead atoms. The molecular formula is C26H19N5O3. The molecule has 8 heteroatoms. The second kappa shape index (κ2) is 8.32. The Morgan fingerprint density at radius 3 is 1.88 bits per heavy atom. The second-order valence-electron chi connectivity index (χ2n) is 7.87. The zero-order valence-corrected chi connectivity index (χ0v) is 18.4. The Kier molecular flexibility index (Phi) is 5.18. The van der Waals surface area contributed by atoms with Crippen LogP contribution in [0, 0.1) is 13.8 Å². The van der Waals surface area contributed by atoms with Gasteiger partial charge in [-0.15, -0.1) is 0 Å². The molecule has 0 spiro atoms. The average Bonchev–Trinajstić information content (AvgIpc) is 2.83. The Labute approximate surface area is 195 Å². The number of fused-ring (bicyclic) bond motifs is 2. The van der Waals surface area contributed by atoms with Crippen molar-refractivity contribution in [2.75, 3.05) is 10.6 Å². The second-order valence-corrected chi connectivity index (χ2v) is 7.87. The first-order chi connectivity index (χ1) is 16.4. The first-order valence-corrected chi connectivity index (χ1v) is 10.6. The zero-order chi connectivity index (χ0) is 23.8. The van der Waals surface area contributed by atoms with Crippen LogP contribution in [0.3, 0.4) is 0 Å². The highest BCUT2D eigenvalue weighted by Gasteiger charge is 2.29. The molecule has 0 atom stereocenters. The molecule has 1 amide bonds. The van der Waals surface area contributed by atoms with E-state index in [2.05, 4.69) is 25.6 Å². The van der Waals surface area contributed by atoms with Crippen LogP contribution in [-0.2, 0) is 0 Å². The van der Waals surface area contributed by atoms with Gasteiger partial charge in [-0.25, -0.2) is 4.98 Å². The van der Waals surface area contributed by atoms with Crippen LogP contribution in [0.25, 0.3) is 0 Å². The van der Waals surface area contributed by atoms with Gasteiger partial charge >= 0.3 is 0 Å². The summed E-state index contributed by atoms with van der Waals surface area (Å²) in [7, 11) is 0. The molecule has 2 N–H and O–H groups in total. The van der Waals surface area contributed by atoms with Gasteiger partial charge in [0.15, 0.2) is 11.6 Å². The summed E-state index contributed by atoms with van der Waals surface area (Å²) in [6, 6.07) is 18.3. The van der Waals surface area contributed by atoms with Gasteiger partial charge < -0.3 is 10.6 Å². The Morgan fingerprint density at radius 2 is 1.24 bits per heavy atom. The summed E-state index contributed by atoms with van der Waals surface area (Å²) >= 11 is 0. The number of aryl methyl sites for hydroxylation is 2. The predicted octanol–water partition coefficient (Wildman–Crippen LogP) is 4.26. The number of ketones is 2. The normalized spacial score (nSPS) is 12.1. The zero-order valence-electron chi connectivity index (χ0n) is 18.4. The summed E-state index contributed by atoms with van der Waals surface area (Å²) in [6.07, 6.45) is 0. The number of aromatic nitrogens is 3. The van der Waals surface area contributed by atoms with Gasteiger partial charge in [0.05, 0.1) is 0 Å². The summed E-state index contributed by atoms with van der Waals surface area (Å²) in [5.74, 6) is 0.811. The standard InChI is InChI=1S/C26H19N5O3/c1-14-27-15(2)29-26(28-14)31-18-10-8-17(9-11-18)30-25(34)16-7-12-21-22(13-16)24(33)20-6-4-3-5-19(20)23(21)32/h3-13H,1-2H3,(H,30,34)(H,27,28,29,31). The Bertz CT molecular complexity index is 1460. The maximum Gasteiger partial charge on any atom is 0.255 e. The number of hydrogen-bond acceptors (Lipinski definition) is 7. The number of nitrogens with one attached hydrogen (secondary N) is 2. The third kappa shape index (κ3) is 3.93. The van der Waals surface area contributed by atoms with Gasteiger partial charge in [0.1, 0.15) is 11.6 Å². The lowest BCUT2D eigenvalue weighted by molar-refractivity contribution is 0.0978. The maximum atomic E-state index is 12.9. The first-order valence-electron chi connectivity index (χ1n) is 10.6. The van der Waals surface area contributed by atoms with E-state index in [-0.39, 0.29) is 28.6 Å². The largest absolute Gasteiger partial charge is 0.324 e. The fourth-order valence-corrected chi connectivity index (χ4v) is 3.88. The monoisotopic (exact) mass is 449 g/mol. The predicted molar refractivity (Wildman–Crippen MR) is 127 cm³/mol. The van der Waals surface area contributed by atoms with Gasteiger partial charge in [-0.3, -0.25) is 14.4 Å². The number of hydrogen-bond donors (Lipinski definition) is 2. The molecule has 0 saturated heterocycles. The molecule has 0 unspecified atom stereocenters. The van der Waals surface area contributed by atoms with Crippen molar-refractivity contribution in [2.45, 2.75) is 13.8 Å². The highest BCUT2D eigenvalue weighted by Crippen LogP contribution is 2.28. The van der Waals surface area contributed by atoms with E-state index in [1.165, 1.54) is 12.1 Å². The number of carbonyl (C=O) groups excluding carboxylic acids is 3. The molecule has 1 aliphatic rings. The molecule has 8 nitrogen and oxygen atoms in total. The van der Waals surface area contributed by atoms with E-state index in [0.29, 0.717) is 40.0 Å². The minimum Gasteiger partial charge on any atom is -0.324 e. The van der Waals surface area contributed by atoms with Crippen LogP contribution in [-0.4, -0.2) is 32.4 Å². The minimum atomic E-state index is -0.383. The van der Waals surface area contributed by atoms with Gasteiger partial charge in [-0.1, -0.05) is 24.3 Å². The van der Waals surface area contributed by atoms with Crippen LogP contribution >= 0.6 is 0 Å². The SMILES string of the molecule is Cc1nc(C)nc(Nc2ccc(NC(=O)c3ccc4c(c3)C(=O)c3ccccc3C4=O)cc2)n1. The maximum absolute atomic E-state index is 12.9. The molecule has 4 aromatic rings. The topological polar surface area (TPSA) is 114 Å². The Hall–Kier alpha value is -4.72. The van der Waals surface area contributed by atoms with E-state index in [9.17, 15) is 14.4 Å².